The summed E-state index contributed by atoms with van der Waals surface area (Å²) in [5, 5.41) is 3.00. The molecule has 0 saturated carbocycles. The van der Waals surface area contributed by atoms with Crippen LogP contribution in [-0.2, 0) is 27.7 Å². The van der Waals surface area contributed by atoms with E-state index in [1.807, 2.05) is 49.3 Å². The van der Waals surface area contributed by atoms with Crippen molar-refractivity contribution < 1.29 is 17.8 Å². The van der Waals surface area contributed by atoms with Crippen molar-refractivity contribution in [2.45, 2.75) is 109 Å². The first-order chi connectivity index (χ1) is 19.0. The Kier molecular flexibility index (Phi) is 16.2. The Balaban J connectivity index is 0.00000840. The molecule has 2 aromatic rings. The summed E-state index contributed by atoms with van der Waals surface area (Å²) >= 11 is 0. The molecular weight excluding hydrogens is 534 g/mol. The van der Waals surface area contributed by atoms with E-state index in [1.54, 1.807) is 12.1 Å². The number of benzene rings is 2. The number of hydrogen-bond acceptors (Lipinski definition) is 5. The molecule has 0 atom stereocenters. The number of quaternary nitrogens is 1. The van der Waals surface area contributed by atoms with Gasteiger partial charge in [-0.1, -0.05) is 89.0 Å². The van der Waals surface area contributed by atoms with Crippen LogP contribution in [0, 0.1) is 0 Å². The summed E-state index contributed by atoms with van der Waals surface area (Å²) in [7, 11) is -0.605. The maximum Gasteiger partial charge on any atom is 0.251 e. The highest BCUT2D eigenvalue weighted by Gasteiger charge is 2.32. The van der Waals surface area contributed by atoms with E-state index in [0.29, 0.717) is 30.5 Å². The summed E-state index contributed by atoms with van der Waals surface area (Å²) in [5.74, 6) is -0.105. The van der Waals surface area contributed by atoms with E-state index in [-0.39, 0.29) is 12.1 Å². The summed E-state index contributed by atoms with van der Waals surface area (Å²) in [5.41, 5.74) is 4.31. The molecule has 8 heteroatoms. The van der Waals surface area contributed by atoms with Gasteiger partial charge in [-0.2, -0.15) is 0 Å². The van der Waals surface area contributed by atoms with Crippen LogP contribution in [0.15, 0.2) is 42.5 Å². The second-order valence-corrected chi connectivity index (χ2v) is 13.5. The molecule has 0 aliphatic rings. The lowest BCUT2D eigenvalue weighted by Gasteiger charge is -2.33. The van der Waals surface area contributed by atoms with E-state index in [1.165, 1.54) is 65.2 Å². The van der Waals surface area contributed by atoms with Gasteiger partial charge < -0.3 is 20.9 Å². The van der Waals surface area contributed by atoms with Gasteiger partial charge in [-0.15, -0.1) is 0 Å². The molecule has 7 nitrogen and oxygen atoms in total. The van der Waals surface area contributed by atoms with Gasteiger partial charge in [-0.05, 0) is 74.4 Å². The summed E-state index contributed by atoms with van der Waals surface area (Å²) < 4.78 is 35.5. The van der Waals surface area contributed by atoms with Crippen LogP contribution in [0.5, 0.6) is 0 Å². The van der Waals surface area contributed by atoms with E-state index in [0.717, 1.165) is 36.1 Å². The summed E-state index contributed by atoms with van der Waals surface area (Å²) in [6.45, 7) is 5.78. The van der Waals surface area contributed by atoms with Gasteiger partial charge in [0.2, 0.25) is 0 Å². The van der Waals surface area contributed by atoms with Crippen molar-refractivity contribution in [3.63, 3.8) is 0 Å². The summed E-state index contributed by atoms with van der Waals surface area (Å²) in [6.07, 6.45) is 14.4. The minimum Gasteiger partial charge on any atom is -0.747 e. The van der Waals surface area contributed by atoms with E-state index in [4.69, 9.17) is 0 Å². The normalized spacial score (nSPS) is 11.7. The quantitative estimate of drug-likeness (QED) is 0.128. The molecule has 0 heterocycles. The number of amides is 1. The minimum atomic E-state index is -4.57. The molecule has 0 aromatic heterocycles. The van der Waals surface area contributed by atoms with Crippen molar-refractivity contribution in [2.75, 3.05) is 25.5 Å². The van der Waals surface area contributed by atoms with E-state index >= 15 is 0 Å². The van der Waals surface area contributed by atoms with Gasteiger partial charge in [0.15, 0.2) is 0 Å². The number of unbranched alkanes of at least 4 members (excludes halogenated alkanes) is 9. The zero-order valence-electron chi connectivity index (χ0n) is 26.4. The summed E-state index contributed by atoms with van der Waals surface area (Å²) in [4.78, 5) is 14.5. The van der Waals surface area contributed by atoms with Crippen LogP contribution in [-0.4, -0.2) is 39.5 Å². The highest BCUT2D eigenvalue weighted by molar-refractivity contribution is 7.86. The highest BCUT2D eigenvalue weighted by atomic mass is 32.2. The fourth-order valence-corrected chi connectivity index (χ4v) is 5.77. The van der Waals surface area contributed by atoms with Gasteiger partial charge in [-0.25, -0.2) is 8.42 Å². The number of nitrogens with one attached hydrogen (secondary N) is 1. The largest absolute Gasteiger partial charge is 0.747 e. The Morgan fingerprint density at radius 2 is 1.34 bits per heavy atom. The van der Waals surface area contributed by atoms with E-state index < -0.39 is 14.9 Å². The molecule has 0 bridgehead atoms. The maximum absolute atomic E-state index is 12.5. The Labute approximate surface area is 249 Å². The number of anilines is 1. The van der Waals surface area contributed by atoms with Crippen molar-refractivity contribution >= 4 is 21.7 Å². The van der Waals surface area contributed by atoms with Gasteiger partial charge in [-0.3, -0.25) is 4.79 Å². The topological polar surface area (TPSA) is 126 Å². The minimum absolute atomic E-state index is 0. The number of nitrogens with zero attached hydrogens (tertiary/aromatic N) is 1. The number of carbonyl (C=O) groups excluding carboxylic acids is 1. The van der Waals surface area contributed by atoms with Crippen LogP contribution in [0.2, 0.25) is 0 Å². The van der Waals surface area contributed by atoms with Gasteiger partial charge in [0.05, 0.1) is 4.75 Å². The second-order valence-electron chi connectivity index (χ2n) is 11.6. The molecule has 0 aliphatic carbocycles. The number of carbonyl (C=O) groups is 1. The van der Waals surface area contributed by atoms with Crippen LogP contribution in [0.4, 0.5) is 5.69 Å². The van der Waals surface area contributed by atoms with Crippen LogP contribution in [0.25, 0.3) is 0 Å². The first kappa shape index (κ1) is 36.6. The fourth-order valence-electron chi connectivity index (χ4n) is 5.31. The van der Waals surface area contributed by atoms with Crippen LogP contribution < -0.4 is 16.4 Å². The molecule has 2 rings (SSSR count). The van der Waals surface area contributed by atoms with Crippen molar-refractivity contribution in [1.82, 2.24) is 11.5 Å². The molecule has 0 fully saturated rings. The van der Waals surface area contributed by atoms with Crippen molar-refractivity contribution in [3.8, 4) is 0 Å². The molecule has 0 unspecified atom stereocenters. The first-order valence-electron chi connectivity index (χ1n) is 15.1. The van der Waals surface area contributed by atoms with Crippen molar-refractivity contribution in [1.29, 1.82) is 0 Å². The second kappa shape index (κ2) is 18.2. The average Bonchev–Trinajstić information content (AvgIpc) is 2.91. The number of hydrogen-bond donors (Lipinski definition) is 2. The molecule has 41 heavy (non-hydrogen) atoms. The van der Waals surface area contributed by atoms with Gasteiger partial charge in [0, 0.05) is 31.9 Å². The van der Waals surface area contributed by atoms with Crippen molar-refractivity contribution in [3.05, 3.63) is 64.7 Å². The molecule has 5 N–H and O–H groups in total. The molecule has 0 saturated heterocycles. The lowest BCUT2D eigenvalue weighted by atomic mass is 9.86. The fraction of sp³-hybridized carbons (Fsp3) is 0.606. The third-order valence-corrected chi connectivity index (χ3v) is 9.34. The Morgan fingerprint density at radius 3 is 1.88 bits per heavy atom. The zero-order chi connectivity index (χ0) is 29.6. The van der Waals surface area contributed by atoms with E-state index in [2.05, 4.69) is 12.2 Å². The molecule has 1 amide bonds. The molecule has 2 aromatic carbocycles. The van der Waals surface area contributed by atoms with Crippen LogP contribution in [0.3, 0.4) is 0 Å². The van der Waals surface area contributed by atoms with Crippen LogP contribution >= 0.6 is 0 Å². The van der Waals surface area contributed by atoms with Crippen LogP contribution in [0.1, 0.15) is 118 Å². The van der Waals surface area contributed by atoms with Gasteiger partial charge in [0.1, 0.15) is 10.1 Å². The first-order valence-corrected chi connectivity index (χ1v) is 16.5. The Bertz CT molecular complexity index is 1150. The van der Waals surface area contributed by atoms with Crippen molar-refractivity contribution in [2.24, 2.45) is 0 Å². The molecule has 0 radical (unpaired) electrons. The Hall–Kier alpha value is -2.42. The third kappa shape index (κ3) is 11.4. The lowest BCUT2D eigenvalue weighted by Crippen LogP contribution is -2.31. The smallest absolute Gasteiger partial charge is 0.251 e. The van der Waals surface area contributed by atoms with Gasteiger partial charge in [0.25, 0.3) is 5.91 Å². The summed E-state index contributed by atoms with van der Waals surface area (Å²) in [6, 6.07) is 12.9. The zero-order valence-corrected chi connectivity index (χ0v) is 27.2. The Morgan fingerprint density at radius 1 is 0.805 bits per heavy atom. The average molecular weight is 590 g/mol. The third-order valence-electron chi connectivity index (χ3n) is 7.87. The molecular formula is C33H55N3O4S. The standard InChI is InChI=1S/C33H52N2O4S.H3N/c1-6-7-8-9-10-11-12-13-14-18-22-28-29(23-19-26-34-32(36)27-20-16-15-17-21-27)31(35(4)5)25-24-30(28)33(2,3)40(37,38)39;/h15-17,20-21,24-25H,6-14,18-19,22-23,26H2,1-5H3,(H,34,36)(H,37,38,39);1H3. The molecule has 0 spiro atoms. The highest BCUT2D eigenvalue weighted by Crippen LogP contribution is 2.37. The SMILES string of the molecule is CCCCCCCCCCCCc1c(C(C)(C)S(=O)(=O)[O-])ccc(N(C)C)c1CCCNC(=O)c1ccccc1.[NH4+]. The predicted molar refractivity (Wildman–Crippen MR) is 172 cm³/mol. The maximum atomic E-state index is 12.5. The monoisotopic (exact) mass is 589 g/mol. The van der Waals surface area contributed by atoms with Gasteiger partial charge >= 0.3 is 0 Å². The molecule has 232 valence electrons. The predicted octanol–water partition coefficient (Wildman–Crippen LogP) is 7.74. The van der Waals surface area contributed by atoms with E-state index in [9.17, 15) is 17.8 Å². The number of rotatable bonds is 19. The molecule has 0 aliphatic heterocycles. The lowest BCUT2D eigenvalue weighted by molar-refractivity contribution is 0.0953.